The van der Waals surface area contributed by atoms with E-state index in [0.717, 1.165) is 37.5 Å². The molecule has 1 fully saturated rings. The van der Waals surface area contributed by atoms with Crippen molar-refractivity contribution in [3.8, 4) is 0 Å². The molecule has 246 valence electrons. The quantitative estimate of drug-likeness (QED) is 0.0862. The molecule has 2 N–H and O–H groups in total. The molecular formula is C35H66N2O5. The summed E-state index contributed by atoms with van der Waals surface area (Å²) in [6.07, 6.45) is 21.4. The van der Waals surface area contributed by atoms with Crippen LogP contribution < -0.4 is 10.6 Å². The third-order valence-corrected chi connectivity index (χ3v) is 9.26. The second-order valence-corrected chi connectivity index (χ2v) is 13.6. The van der Waals surface area contributed by atoms with Gasteiger partial charge in [-0.3, -0.25) is 9.59 Å². The molecular weight excluding hydrogens is 528 g/mol. The number of esters is 1. The monoisotopic (exact) mass is 594 g/mol. The number of ether oxygens (including phenoxy) is 2. The minimum absolute atomic E-state index is 0.0647. The second kappa shape index (κ2) is 24.6. The zero-order valence-corrected chi connectivity index (χ0v) is 28.0. The Balaban J connectivity index is 1.94. The Morgan fingerprint density at radius 1 is 0.643 bits per heavy atom. The fourth-order valence-corrected chi connectivity index (χ4v) is 6.09. The first kappa shape index (κ1) is 38.2. The number of amides is 2. The molecule has 0 bridgehead atoms. The lowest BCUT2D eigenvalue weighted by Gasteiger charge is -2.21. The van der Waals surface area contributed by atoms with Gasteiger partial charge in [-0.25, -0.2) is 4.79 Å². The molecule has 0 aliphatic heterocycles. The Labute approximate surface area is 258 Å². The molecule has 0 heterocycles. The third kappa shape index (κ3) is 21.8. The van der Waals surface area contributed by atoms with E-state index in [-0.39, 0.29) is 18.0 Å². The lowest BCUT2D eigenvalue weighted by molar-refractivity contribution is -0.141. The average Bonchev–Trinajstić information content (AvgIpc) is 2.98. The van der Waals surface area contributed by atoms with Crippen molar-refractivity contribution in [1.29, 1.82) is 0 Å². The van der Waals surface area contributed by atoms with Gasteiger partial charge in [0.05, 0.1) is 13.7 Å². The van der Waals surface area contributed by atoms with Crippen molar-refractivity contribution in [2.75, 3.05) is 26.8 Å². The molecule has 1 rings (SSSR count). The smallest absolute Gasteiger partial charge is 0.407 e. The third-order valence-electron chi connectivity index (χ3n) is 9.26. The maximum absolute atomic E-state index is 12.2. The van der Waals surface area contributed by atoms with Crippen LogP contribution in [0.1, 0.15) is 150 Å². The summed E-state index contributed by atoms with van der Waals surface area (Å²) in [6.45, 7) is 10.6. The molecule has 1 saturated carbocycles. The Hall–Kier alpha value is -1.79. The van der Waals surface area contributed by atoms with Gasteiger partial charge in [0, 0.05) is 25.9 Å². The lowest BCUT2D eigenvalue weighted by atomic mass is 9.90. The maximum atomic E-state index is 12.2. The molecule has 0 saturated heterocycles. The summed E-state index contributed by atoms with van der Waals surface area (Å²) in [6, 6.07) is 0. The summed E-state index contributed by atoms with van der Waals surface area (Å²) in [5.41, 5.74) is 0. The topological polar surface area (TPSA) is 93.7 Å². The van der Waals surface area contributed by atoms with Crippen LogP contribution in [0.2, 0.25) is 0 Å². The number of alkyl carbamates (subject to hydrolysis) is 1. The molecule has 0 aromatic carbocycles. The fraction of sp³-hybridized carbons (Fsp3) is 0.914. The van der Waals surface area contributed by atoms with Crippen molar-refractivity contribution < 1.29 is 23.9 Å². The first-order chi connectivity index (χ1) is 20.2. The Kier molecular flexibility index (Phi) is 22.4. The highest BCUT2D eigenvalue weighted by Crippen LogP contribution is 2.24. The number of unbranched alkanes of at least 4 members (excludes halogenated alkanes) is 1. The lowest BCUT2D eigenvalue weighted by Crippen LogP contribution is -2.35. The summed E-state index contributed by atoms with van der Waals surface area (Å²) in [5.74, 6) is 3.19. The first-order valence-electron chi connectivity index (χ1n) is 17.4. The minimum atomic E-state index is -0.376. The van der Waals surface area contributed by atoms with Gasteiger partial charge in [0.25, 0.3) is 0 Å². The molecule has 42 heavy (non-hydrogen) atoms. The van der Waals surface area contributed by atoms with Gasteiger partial charge in [0.1, 0.15) is 0 Å². The molecule has 0 radical (unpaired) electrons. The van der Waals surface area contributed by atoms with E-state index in [4.69, 9.17) is 9.47 Å². The zero-order valence-electron chi connectivity index (χ0n) is 28.0. The normalized spacial score (nSPS) is 16.7. The van der Waals surface area contributed by atoms with Crippen LogP contribution in [-0.2, 0) is 19.1 Å². The number of carbonyl (C=O) groups excluding carboxylic acids is 3. The largest absolute Gasteiger partial charge is 0.469 e. The van der Waals surface area contributed by atoms with Crippen LogP contribution in [-0.4, -0.2) is 44.8 Å². The van der Waals surface area contributed by atoms with Gasteiger partial charge < -0.3 is 20.1 Å². The summed E-state index contributed by atoms with van der Waals surface area (Å²) in [5, 5.41) is 5.65. The first-order valence-corrected chi connectivity index (χ1v) is 17.4. The van der Waals surface area contributed by atoms with Gasteiger partial charge in [-0.2, -0.15) is 0 Å². The van der Waals surface area contributed by atoms with Crippen LogP contribution in [0, 0.1) is 29.6 Å². The molecule has 0 aromatic rings. The number of hydrogen-bond donors (Lipinski definition) is 2. The van der Waals surface area contributed by atoms with Crippen molar-refractivity contribution >= 4 is 18.0 Å². The predicted molar refractivity (Wildman–Crippen MR) is 172 cm³/mol. The van der Waals surface area contributed by atoms with Crippen LogP contribution >= 0.6 is 0 Å². The summed E-state index contributed by atoms with van der Waals surface area (Å²) < 4.78 is 10.1. The van der Waals surface area contributed by atoms with Crippen molar-refractivity contribution in [3.63, 3.8) is 0 Å². The summed E-state index contributed by atoms with van der Waals surface area (Å²) >= 11 is 0. The Bertz CT molecular complexity index is 709. The van der Waals surface area contributed by atoms with Crippen molar-refractivity contribution in [2.24, 2.45) is 29.6 Å². The summed E-state index contributed by atoms with van der Waals surface area (Å²) in [4.78, 5) is 35.3. The van der Waals surface area contributed by atoms with Crippen LogP contribution in [0.5, 0.6) is 0 Å². The highest BCUT2D eigenvalue weighted by Gasteiger charge is 2.15. The van der Waals surface area contributed by atoms with E-state index in [0.29, 0.717) is 50.3 Å². The van der Waals surface area contributed by atoms with Crippen molar-refractivity contribution in [2.45, 2.75) is 150 Å². The minimum Gasteiger partial charge on any atom is -0.469 e. The number of nitrogens with one attached hydrogen (secondary N) is 2. The molecule has 0 aromatic heterocycles. The molecule has 1 aliphatic carbocycles. The van der Waals surface area contributed by atoms with Crippen LogP contribution in [0.4, 0.5) is 4.79 Å². The highest BCUT2D eigenvalue weighted by molar-refractivity contribution is 5.76. The molecule has 7 nitrogen and oxygen atoms in total. The van der Waals surface area contributed by atoms with E-state index in [2.05, 4.69) is 38.3 Å². The zero-order chi connectivity index (χ0) is 31.0. The van der Waals surface area contributed by atoms with Gasteiger partial charge in [0.15, 0.2) is 0 Å². The van der Waals surface area contributed by atoms with Crippen LogP contribution in [0.25, 0.3) is 0 Å². The Morgan fingerprint density at radius 2 is 1.12 bits per heavy atom. The van der Waals surface area contributed by atoms with E-state index in [9.17, 15) is 14.4 Å². The number of hydrogen-bond acceptors (Lipinski definition) is 5. The standard InChI is InChI=1S/C35H66N2O5/c1-28(13-9-10-14-29(2)16-12-18-31(4)22-24-34(39)41-5)15-11-17-30(3)21-23-33(38)36-25-26-37-35(40)42-27-32-19-7-6-8-20-32/h28-32H,6-27H2,1-5H3,(H,36,38)(H,37,40). The van der Waals surface area contributed by atoms with Gasteiger partial charge in [0.2, 0.25) is 5.91 Å². The van der Waals surface area contributed by atoms with Crippen LogP contribution in [0.3, 0.4) is 0 Å². The predicted octanol–water partition coefficient (Wildman–Crippen LogP) is 8.59. The Morgan fingerprint density at radius 3 is 1.67 bits per heavy atom. The van der Waals surface area contributed by atoms with Gasteiger partial charge in [-0.1, -0.05) is 111 Å². The fourth-order valence-electron chi connectivity index (χ4n) is 6.09. The maximum Gasteiger partial charge on any atom is 0.407 e. The van der Waals surface area contributed by atoms with Crippen LogP contribution in [0.15, 0.2) is 0 Å². The van der Waals surface area contributed by atoms with E-state index in [1.165, 1.54) is 90.6 Å². The molecule has 7 heteroatoms. The van der Waals surface area contributed by atoms with Crippen molar-refractivity contribution in [1.82, 2.24) is 10.6 Å². The van der Waals surface area contributed by atoms with Crippen molar-refractivity contribution in [3.05, 3.63) is 0 Å². The molecule has 4 atom stereocenters. The second-order valence-electron chi connectivity index (χ2n) is 13.6. The molecule has 1 aliphatic rings. The van der Waals surface area contributed by atoms with Gasteiger partial charge in [-0.05, 0) is 55.3 Å². The summed E-state index contributed by atoms with van der Waals surface area (Å²) in [7, 11) is 1.46. The average molecular weight is 595 g/mol. The number of methoxy groups -OCH3 is 1. The van der Waals surface area contributed by atoms with E-state index in [1.54, 1.807) is 0 Å². The van der Waals surface area contributed by atoms with Gasteiger partial charge >= 0.3 is 12.1 Å². The molecule has 2 amide bonds. The number of carbonyl (C=O) groups is 3. The van der Waals surface area contributed by atoms with E-state index in [1.807, 2.05) is 0 Å². The molecule has 0 spiro atoms. The molecule has 4 unspecified atom stereocenters. The van der Waals surface area contributed by atoms with E-state index >= 15 is 0 Å². The number of rotatable bonds is 24. The van der Waals surface area contributed by atoms with E-state index < -0.39 is 0 Å². The SMILES string of the molecule is COC(=O)CCC(C)CCCC(C)CCCCC(C)CCCC(C)CCC(=O)NCCNC(=O)OCC1CCCCC1. The van der Waals surface area contributed by atoms with Gasteiger partial charge in [-0.15, -0.1) is 0 Å². The highest BCUT2D eigenvalue weighted by atomic mass is 16.5.